The first kappa shape index (κ1) is 59.6. The SMILES string of the molecule is CC/C=C\C/C=C\C/C=C\C/C=C\CCC(=O)OCC(COC(=O)CCCCCCC/C=C\C/C=C\CCCCCC)OC(=O)CCCCCCC/C=C\CCCCCCCCC. The van der Waals surface area contributed by atoms with Gasteiger partial charge in [-0.3, -0.25) is 14.4 Å². The van der Waals surface area contributed by atoms with E-state index >= 15 is 0 Å². The molecule has 63 heavy (non-hydrogen) atoms. The van der Waals surface area contributed by atoms with Gasteiger partial charge in [-0.2, -0.15) is 0 Å². The van der Waals surface area contributed by atoms with Gasteiger partial charge in [-0.05, 0) is 103 Å². The van der Waals surface area contributed by atoms with Gasteiger partial charge >= 0.3 is 17.9 Å². The van der Waals surface area contributed by atoms with Crippen molar-refractivity contribution in [2.75, 3.05) is 13.2 Å². The van der Waals surface area contributed by atoms with Crippen molar-refractivity contribution in [1.82, 2.24) is 0 Å². The average Bonchev–Trinajstić information content (AvgIpc) is 3.28. The van der Waals surface area contributed by atoms with Crippen LogP contribution in [0.3, 0.4) is 0 Å². The number of carbonyl (C=O) groups is 3. The van der Waals surface area contributed by atoms with Gasteiger partial charge in [0.05, 0.1) is 0 Å². The molecule has 0 aliphatic heterocycles. The van der Waals surface area contributed by atoms with E-state index in [4.69, 9.17) is 14.2 Å². The molecule has 0 aromatic carbocycles. The highest BCUT2D eigenvalue weighted by molar-refractivity contribution is 5.71. The minimum Gasteiger partial charge on any atom is -0.462 e. The van der Waals surface area contributed by atoms with Gasteiger partial charge < -0.3 is 14.2 Å². The van der Waals surface area contributed by atoms with Crippen molar-refractivity contribution in [2.45, 2.75) is 245 Å². The Morgan fingerprint density at radius 2 is 0.651 bits per heavy atom. The number of unbranched alkanes of at least 4 members (excludes halogenated alkanes) is 21. The van der Waals surface area contributed by atoms with Gasteiger partial charge in [0.25, 0.3) is 0 Å². The maximum atomic E-state index is 12.8. The van der Waals surface area contributed by atoms with Gasteiger partial charge in [0.2, 0.25) is 0 Å². The second kappa shape index (κ2) is 51.2. The summed E-state index contributed by atoms with van der Waals surface area (Å²) >= 11 is 0. The summed E-state index contributed by atoms with van der Waals surface area (Å²) in [5.74, 6) is -1.02. The first-order valence-electron chi connectivity index (χ1n) is 26.1. The van der Waals surface area contributed by atoms with E-state index < -0.39 is 6.10 Å². The molecule has 0 saturated carbocycles. The Balaban J connectivity index is 4.50. The fraction of sp³-hybridized carbons (Fsp3) is 0.702. The molecule has 6 heteroatoms. The quantitative estimate of drug-likeness (QED) is 0.0262. The van der Waals surface area contributed by atoms with Crippen molar-refractivity contribution in [1.29, 1.82) is 0 Å². The van der Waals surface area contributed by atoms with Crippen LogP contribution in [0.1, 0.15) is 239 Å². The molecule has 1 unspecified atom stereocenters. The van der Waals surface area contributed by atoms with E-state index in [-0.39, 0.29) is 37.5 Å². The number of carbonyl (C=O) groups excluding carboxylic acids is 3. The minimum atomic E-state index is -0.815. The fourth-order valence-electron chi connectivity index (χ4n) is 6.95. The van der Waals surface area contributed by atoms with E-state index in [1.54, 1.807) is 0 Å². The Kier molecular flexibility index (Phi) is 48.5. The molecule has 0 aliphatic rings. The van der Waals surface area contributed by atoms with Gasteiger partial charge in [0, 0.05) is 19.3 Å². The first-order valence-corrected chi connectivity index (χ1v) is 26.1. The highest BCUT2D eigenvalue weighted by Crippen LogP contribution is 2.13. The third kappa shape index (κ3) is 49.5. The Bertz CT molecular complexity index is 1240. The van der Waals surface area contributed by atoms with E-state index in [2.05, 4.69) is 93.7 Å². The van der Waals surface area contributed by atoms with Crippen molar-refractivity contribution in [3.63, 3.8) is 0 Å². The summed E-state index contributed by atoms with van der Waals surface area (Å²) in [7, 11) is 0. The number of hydrogen-bond acceptors (Lipinski definition) is 6. The largest absolute Gasteiger partial charge is 0.462 e. The van der Waals surface area contributed by atoms with E-state index in [1.165, 1.54) is 89.9 Å². The minimum absolute atomic E-state index is 0.110. The molecule has 0 saturated heterocycles. The first-order chi connectivity index (χ1) is 31.0. The molecule has 0 amide bonds. The maximum absolute atomic E-state index is 12.8. The van der Waals surface area contributed by atoms with Gasteiger partial charge in [-0.25, -0.2) is 0 Å². The van der Waals surface area contributed by atoms with E-state index in [9.17, 15) is 14.4 Å². The Labute approximate surface area is 388 Å². The monoisotopic (exact) mass is 877 g/mol. The lowest BCUT2D eigenvalue weighted by molar-refractivity contribution is -0.166. The summed E-state index contributed by atoms with van der Waals surface area (Å²) in [5, 5.41) is 0. The molecular formula is C57H96O6. The van der Waals surface area contributed by atoms with Crippen LogP contribution in [0.5, 0.6) is 0 Å². The summed E-state index contributed by atoms with van der Waals surface area (Å²) in [6.45, 7) is 6.42. The molecular weight excluding hydrogens is 781 g/mol. The van der Waals surface area contributed by atoms with Crippen molar-refractivity contribution in [2.24, 2.45) is 0 Å². The normalized spacial score (nSPS) is 12.7. The lowest BCUT2D eigenvalue weighted by atomic mass is 10.1. The van der Waals surface area contributed by atoms with Crippen LogP contribution < -0.4 is 0 Å². The van der Waals surface area contributed by atoms with Gasteiger partial charge in [-0.1, -0.05) is 202 Å². The zero-order chi connectivity index (χ0) is 45.8. The standard InChI is InChI=1S/C57H96O6/c1-4-7-10-13-16-19-22-25-27-29-32-35-38-41-44-47-50-56(59)62-53-54(52-61-55(58)49-46-43-40-37-34-31-24-21-18-15-12-9-6-3)63-57(60)51-48-45-42-39-36-33-30-28-26-23-20-17-14-11-8-5-2/h9,12,18-19,21-22,27-31,34,40,43,54H,4-8,10-11,13-17,20,23-26,32-33,35-39,41-42,44-53H2,1-3H3/b12-9-,21-18-,22-19-,29-27-,30-28-,34-31-,43-40-. The van der Waals surface area contributed by atoms with E-state index in [0.29, 0.717) is 19.3 Å². The van der Waals surface area contributed by atoms with Gasteiger partial charge in [-0.15, -0.1) is 0 Å². The Morgan fingerprint density at radius 1 is 0.333 bits per heavy atom. The third-order valence-corrected chi connectivity index (χ3v) is 10.9. The number of rotatable bonds is 46. The topological polar surface area (TPSA) is 78.9 Å². The van der Waals surface area contributed by atoms with Crippen LogP contribution in [0.25, 0.3) is 0 Å². The van der Waals surface area contributed by atoms with Crippen LogP contribution in [-0.4, -0.2) is 37.2 Å². The van der Waals surface area contributed by atoms with Crippen LogP contribution in [-0.2, 0) is 28.6 Å². The fourth-order valence-corrected chi connectivity index (χ4v) is 6.95. The molecule has 1 atom stereocenters. The van der Waals surface area contributed by atoms with E-state index in [1.807, 2.05) is 12.2 Å². The molecule has 0 aromatic heterocycles. The second-order valence-electron chi connectivity index (χ2n) is 17.0. The Morgan fingerprint density at radius 3 is 1.10 bits per heavy atom. The van der Waals surface area contributed by atoms with Crippen LogP contribution in [0.15, 0.2) is 85.1 Å². The maximum Gasteiger partial charge on any atom is 0.306 e. The molecule has 0 N–H and O–H groups in total. The van der Waals surface area contributed by atoms with Crippen molar-refractivity contribution in [3.05, 3.63) is 85.1 Å². The van der Waals surface area contributed by atoms with Crippen LogP contribution in [0.2, 0.25) is 0 Å². The number of esters is 3. The van der Waals surface area contributed by atoms with Crippen LogP contribution in [0, 0.1) is 0 Å². The molecule has 0 bridgehead atoms. The zero-order valence-electron chi connectivity index (χ0n) is 41.1. The molecule has 360 valence electrons. The summed E-state index contributed by atoms with van der Waals surface area (Å²) < 4.78 is 16.7. The molecule has 0 aliphatic carbocycles. The zero-order valence-corrected chi connectivity index (χ0v) is 41.1. The Hall–Kier alpha value is -3.41. The molecule has 0 spiro atoms. The number of ether oxygens (including phenoxy) is 3. The van der Waals surface area contributed by atoms with Crippen molar-refractivity contribution in [3.8, 4) is 0 Å². The lowest BCUT2D eigenvalue weighted by Gasteiger charge is -2.18. The molecule has 0 aromatic rings. The second-order valence-corrected chi connectivity index (χ2v) is 17.0. The highest BCUT2D eigenvalue weighted by atomic mass is 16.6. The van der Waals surface area contributed by atoms with Crippen LogP contribution in [0.4, 0.5) is 0 Å². The predicted octanol–water partition coefficient (Wildman–Crippen LogP) is 17.2. The molecule has 6 nitrogen and oxygen atoms in total. The summed E-state index contributed by atoms with van der Waals surface area (Å²) in [6, 6.07) is 0. The summed E-state index contributed by atoms with van der Waals surface area (Å²) in [6.07, 6.45) is 65.8. The van der Waals surface area contributed by atoms with Gasteiger partial charge in [0.15, 0.2) is 6.10 Å². The molecule has 0 radical (unpaired) electrons. The number of allylic oxidation sites excluding steroid dienone is 14. The average molecular weight is 877 g/mol. The smallest absolute Gasteiger partial charge is 0.306 e. The van der Waals surface area contributed by atoms with Crippen LogP contribution >= 0.6 is 0 Å². The highest BCUT2D eigenvalue weighted by Gasteiger charge is 2.19. The van der Waals surface area contributed by atoms with Crippen molar-refractivity contribution >= 4 is 17.9 Å². The molecule has 0 heterocycles. The summed E-state index contributed by atoms with van der Waals surface area (Å²) in [4.78, 5) is 37.9. The molecule has 0 fully saturated rings. The predicted molar refractivity (Wildman–Crippen MR) is 270 cm³/mol. The molecule has 0 rings (SSSR count). The van der Waals surface area contributed by atoms with Gasteiger partial charge in [0.1, 0.15) is 13.2 Å². The van der Waals surface area contributed by atoms with E-state index in [0.717, 1.165) is 103 Å². The number of hydrogen-bond donors (Lipinski definition) is 0. The van der Waals surface area contributed by atoms with Crippen molar-refractivity contribution < 1.29 is 28.6 Å². The third-order valence-electron chi connectivity index (χ3n) is 10.9. The lowest BCUT2D eigenvalue weighted by Crippen LogP contribution is -2.30. The summed E-state index contributed by atoms with van der Waals surface area (Å²) in [5.41, 5.74) is 0.